The van der Waals surface area contributed by atoms with E-state index >= 15 is 0 Å². The summed E-state index contributed by atoms with van der Waals surface area (Å²) in [6, 6.07) is 12.7. The first-order chi connectivity index (χ1) is 6.77. The van der Waals surface area contributed by atoms with E-state index in [2.05, 4.69) is 43.1 Å². The van der Waals surface area contributed by atoms with Gasteiger partial charge in [0.1, 0.15) is 0 Å². The van der Waals surface area contributed by atoms with Gasteiger partial charge in [-0.05, 0) is 23.8 Å². The predicted octanol–water partition coefficient (Wildman–Crippen LogP) is 5.11. The third-order valence-electron chi connectivity index (χ3n) is 2.28. The maximum atomic E-state index is 6.22. The lowest BCUT2D eigenvalue weighted by molar-refractivity contribution is 1.41. The molecule has 2 aromatic rings. The number of hydrogen-bond donors (Lipinski definition) is 0. The molecule has 1 unspecified atom stereocenters. The van der Waals surface area contributed by atoms with Crippen molar-refractivity contribution >= 4 is 31.5 Å². The van der Waals surface area contributed by atoms with Crippen molar-refractivity contribution in [2.24, 2.45) is 0 Å². The average Bonchev–Trinajstić information content (AvgIpc) is 2.52. The zero-order valence-electron chi connectivity index (χ0n) is 8.48. The molecule has 15 heavy (non-hydrogen) atoms. The van der Waals surface area contributed by atoms with Gasteiger partial charge >= 0.3 is 0 Å². The molecule has 0 saturated carbocycles. The highest BCUT2D eigenvalue weighted by molar-refractivity contribution is 7.51. The van der Waals surface area contributed by atoms with Crippen LogP contribution in [0.3, 0.4) is 0 Å². The molecular formula is C12H13Cl2P. The largest absolute Gasteiger partial charge is 0.147 e. The van der Waals surface area contributed by atoms with E-state index in [1.807, 2.05) is 6.07 Å². The van der Waals surface area contributed by atoms with E-state index < -0.39 is 0 Å². The van der Waals surface area contributed by atoms with Crippen molar-refractivity contribution in [3.8, 4) is 0 Å². The maximum absolute atomic E-state index is 6.22. The Balaban J connectivity index is 0.00000112. The molecule has 0 amide bonds. The highest BCUT2D eigenvalue weighted by Gasteiger charge is 2.04. The van der Waals surface area contributed by atoms with Crippen LogP contribution in [0.15, 0.2) is 42.2 Å². The monoisotopic (exact) mass is 258 g/mol. The van der Waals surface area contributed by atoms with Crippen LogP contribution in [0, 0.1) is 6.92 Å². The van der Waals surface area contributed by atoms with Crippen molar-refractivity contribution in [3.63, 3.8) is 0 Å². The van der Waals surface area contributed by atoms with Gasteiger partial charge in [-0.25, -0.2) is 0 Å². The quantitative estimate of drug-likeness (QED) is 0.703. The normalized spacial score (nSPS) is 10.9. The van der Waals surface area contributed by atoms with E-state index in [0.29, 0.717) is 0 Å². The molecule has 0 fully saturated rings. The average molecular weight is 259 g/mol. The second-order valence-electron chi connectivity index (χ2n) is 3.40. The van der Waals surface area contributed by atoms with Gasteiger partial charge in [-0.1, -0.05) is 48.0 Å². The molecule has 0 N–H and O–H groups in total. The zero-order valence-corrected chi connectivity index (χ0v) is 10.9. The molecule has 1 aromatic carbocycles. The lowest BCUT2D eigenvalue weighted by atomic mass is 10.2. The molecule has 1 aromatic heterocycles. The maximum Gasteiger partial charge on any atom is 0.0628 e. The fourth-order valence-electron chi connectivity index (χ4n) is 1.46. The van der Waals surface area contributed by atoms with Crippen LogP contribution in [0.1, 0.15) is 11.1 Å². The Morgan fingerprint density at radius 2 is 1.80 bits per heavy atom. The molecule has 0 aliphatic heterocycles. The van der Waals surface area contributed by atoms with Gasteiger partial charge in [0.25, 0.3) is 0 Å². The minimum Gasteiger partial charge on any atom is -0.147 e. The lowest BCUT2D eigenvalue weighted by Crippen LogP contribution is -1.75. The van der Waals surface area contributed by atoms with Gasteiger partial charge in [-0.3, -0.25) is 0 Å². The summed E-state index contributed by atoms with van der Waals surface area (Å²) in [7, 11) is -0.257. The van der Waals surface area contributed by atoms with Crippen molar-refractivity contribution in [1.82, 2.24) is 0 Å². The summed E-state index contributed by atoms with van der Waals surface area (Å²) >= 11 is 6.22. The highest BCUT2D eigenvalue weighted by atomic mass is 35.5. The summed E-state index contributed by atoms with van der Waals surface area (Å²) in [6.45, 7) is 2.08. The second kappa shape index (κ2) is 5.61. The van der Waals surface area contributed by atoms with E-state index in [4.69, 9.17) is 11.6 Å². The van der Waals surface area contributed by atoms with Crippen molar-refractivity contribution in [2.75, 3.05) is 0 Å². The molecule has 1 atom stereocenters. The van der Waals surface area contributed by atoms with E-state index in [1.54, 1.807) is 0 Å². The van der Waals surface area contributed by atoms with Crippen LogP contribution in [-0.4, -0.2) is 0 Å². The van der Waals surface area contributed by atoms with E-state index in [1.165, 1.54) is 11.1 Å². The minimum atomic E-state index is -0.257. The molecule has 80 valence electrons. The summed E-state index contributed by atoms with van der Waals surface area (Å²) in [5.74, 6) is 2.25. The topological polar surface area (TPSA) is 0 Å². The fraction of sp³-hybridized carbons (Fsp3) is 0.167. The molecule has 0 bridgehead atoms. The SMILES string of the molecule is Cc1ccp(Cc2ccccc2)c1Cl.Cl. The highest BCUT2D eigenvalue weighted by Crippen LogP contribution is 2.43. The van der Waals surface area contributed by atoms with E-state index in [9.17, 15) is 0 Å². The second-order valence-corrected chi connectivity index (χ2v) is 6.05. The van der Waals surface area contributed by atoms with Crippen molar-refractivity contribution in [1.29, 1.82) is 0 Å². The Morgan fingerprint density at radius 1 is 1.13 bits per heavy atom. The molecule has 3 heteroatoms. The summed E-state index contributed by atoms with van der Waals surface area (Å²) < 4.78 is 1.06. The van der Waals surface area contributed by atoms with Crippen LogP contribution in [0.4, 0.5) is 0 Å². The third-order valence-corrected chi connectivity index (χ3v) is 5.30. The van der Waals surface area contributed by atoms with Crippen LogP contribution in [0.5, 0.6) is 0 Å². The van der Waals surface area contributed by atoms with Gasteiger partial charge < -0.3 is 0 Å². The van der Waals surface area contributed by atoms with Crippen LogP contribution < -0.4 is 0 Å². The number of aryl methyl sites for hydroxylation is 1. The third kappa shape index (κ3) is 3.01. The van der Waals surface area contributed by atoms with Crippen molar-refractivity contribution in [3.05, 3.63) is 58.1 Å². The van der Waals surface area contributed by atoms with Crippen LogP contribution in [-0.2, 0) is 6.16 Å². The van der Waals surface area contributed by atoms with Gasteiger partial charge in [-0.2, -0.15) is 0 Å². The minimum absolute atomic E-state index is 0. The number of halogens is 2. The van der Waals surface area contributed by atoms with Crippen LogP contribution in [0.25, 0.3) is 0 Å². The molecular weight excluding hydrogens is 246 g/mol. The van der Waals surface area contributed by atoms with Gasteiger partial charge in [0.05, 0.1) is 4.75 Å². The molecule has 0 aliphatic carbocycles. The van der Waals surface area contributed by atoms with Crippen molar-refractivity contribution in [2.45, 2.75) is 13.1 Å². The summed E-state index contributed by atoms with van der Waals surface area (Å²) in [5.41, 5.74) is 2.60. The molecule has 0 saturated heterocycles. The first-order valence-electron chi connectivity index (χ1n) is 4.62. The number of benzene rings is 1. The van der Waals surface area contributed by atoms with E-state index in [0.717, 1.165) is 10.9 Å². The standard InChI is InChI=1S/C12H12ClP.ClH/c1-10-7-8-14(12(10)13)9-11-5-3-2-4-6-11;/h2-8H,9H2,1H3;1H. The van der Waals surface area contributed by atoms with Gasteiger partial charge in [0, 0.05) is 6.16 Å². The number of rotatable bonds is 2. The van der Waals surface area contributed by atoms with Gasteiger partial charge in [0.15, 0.2) is 0 Å². The van der Waals surface area contributed by atoms with Crippen LogP contribution in [0.2, 0.25) is 4.75 Å². The molecule has 0 nitrogen and oxygen atoms in total. The zero-order chi connectivity index (χ0) is 9.97. The molecule has 0 radical (unpaired) electrons. The Hall–Kier alpha value is -0.420. The van der Waals surface area contributed by atoms with E-state index in [-0.39, 0.29) is 19.9 Å². The lowest BCUT2D eigenvalue weighted by Gasteiger charge is -2.00. The predicted molar refractivity (Wildman–Crippen MR) is 71.7 cm³/mol. The number of hydrogen-bond acceptors (Lipinski definition) is 0. The first kappa shape index (κ1) is 12.6. The molecule has 1 heterocycles. The molecule has 2 rings (SSSR count). The van der Waals surface area contributed by atoms with Crippen LogP contribution >= 0.6 is 31.5 Å². The Kier molecular flexibility index (Phi) is 4.73. The smallest absolute Gasteiger partial charge is 0.0628 e. The summed E-state index contributed by atoms with van der Waals surface area (Å²) in [4.78, 5) is 0. The fourth-order valence-corrected chi connectivity index (χ4v) is 3.79. The first-order valence-corrected chi connectivity index (χ1v) is 6.60. The van der Waals surface area contributed by atoms with Crippen molar-refractivity contribution < 1.29 is 0 Å². The summed E-state index contributed by atoms with van der Waals surface area (Å²) in [5, 5.41) is 0. The Bertz CT molecular complexity index is 420. The van der Waals surface area contributed by atoms with Gasteiger partial charge in [-0.15, -0.1) is 19.9 Å². The Labute approximate surface area is 103 Å². The molecule has 0 aliphatic rings. The van der Waals surface area contributed by atoms with Gasteiger partial charge in [0.2, 0.25) is 0 Å². The summed E-state index contributed by atoms with van der Waals surface area (Å²) in [6.07, 6.45) is 1.07. The molecule has 0 spiro atoms. The Morgan fingerprint density at radius 3 is 2.33 bits per heavy atom.